The van der Waals surface area contributed by atoms with Gasteiger partial charge in [0.1, 0.15) is 18.3 Å². The molecule has 0 aromatic heterocycles. The number of allylic oxidation sites excluding steroid dienone is 5. The fourth-order valence-electron chi connectivity index (χ4n) is 0.968. The number of halogens is 1. The monoisotopic (exact) mass is 196 g/mol. The Bertz CT molecular complexity index is 312. The minimum absolute atomic E-state index is 0.251. The van der Waals surface area contributed by atoms with Crippen molar-refractivity contribution < 1.29 is 9.23 Å². The Morgan fingerprint density at radius 3 is 3.14 bits per heavy atom. The van der Waals surface area contributed by atoms with E-state index >= 15 is 0 Å². The van der Waals surface area contributed by atoms with Crippen LogP contribution in [0.2, 0.25) is 0 Å². The Kier molecular flexibility index (Phi) is 3.91. The molecule has 1 aliphatic rings. The minimum atomic E-state index is -0.251. The fourth-order valence-corrected chi connectivity index (χ4v) is 0.968. The lowest BCUT2D eigenvalue weighted by Crippen LogP contribution is -2.06. The van der Waals surface area contributed by atoms with Gasteiger partial charge >= 0.3 is 0 Å². The van der Waals surface area contributed by atoms with Crippen LogP contribution < -0.4 is 5.73 Å². The molecule has 0 fully saturated rings. The lowest BCUT2D eigenvalue weighted by atomic mass is 10.2. The Morgan fingerprint density at radius 1 is 1.64 bits per heavy atom. The maximum absolute atomic E-state index is 12.7. The molecule has 0 spiro atoms. The number of amidine groups is 1. The van der Waals surface area contributed by atoms with E-state index in [1.807, 2.05) is 0 Å². The van der Waals surface area contributed by atoms with Gasteiger partial charge in [-0.3, -0.25) is 0 Å². The smallest absolute Gasteiger partial charge is 0.139 e. The quantitative estimate of drug-likeness (QED) is 0.426. The molecule has 2 N–H and O–H groups in total. The van der Waals surface area contributed by atoms with Crippen molar-refractivity contribution >= 4 is 5.84 Å². The van der Waals surface area contributed by atoms with Gasteiger partial charge in [-0.15, -0.1) is 0 Å². The van der Waals surface area contributed by atoms with E-state index < -0.39 is 0 Å². The zero-order valence-electron chi connectivity index (χ0n) is 8.03. The largest absolute Gasteiger partial charge is 0.390 e. The molecule has 14 heavy (non-hydrogen) atoms. The molecule has 0 aliphatic heterocycles. The van der Waals surface area contributed by atoms with Gasteiger partial charge in [-0.25, -0.2) is 4.39 Å². The van der Waals surface area contributed by atoms with Gasteiger partial charge < -0.3 is 10.6 Å². The molecule has 0 saturated carbocycles. The van der Waals surface area contributed by atoms with Crippen molar-refractivity contribution in [3.63, 3.8) is 0 Å². The number of oxime groups is 1. The van der Waals surface area contributed by atoms with E-state index in [2.05, 4.69) is 5.16 Å². The van der Waals surface area contributed by atoms with Gasteiger partial charge in [0.05, 0.1) is 0 Å². The van der Waals surface area contributed by atoms with Crippen molar-refractivity contribution in [3.05, 3.63) is 35.7 Å². The predicted molar refractivity (Wildman–Crippen MR) is 54.3 cm³/mol. The van der Waals surface area contributed by atoms with E-state index in [1.54, 1.807) is 19.1 Å². The van der Waals surface area contributed by atoms with E-state index in [0.717, 1.165) is 5.57 Å². The number of rotatable bonds is 3. The first-order chi connectivity index (χ1) is 6.68. The average molecular weight is 196 g/mol. The predicted octanol–water partition coefficient (Wildman–Crippen LogP) is 2.03. The minimum Gasteiger partial charge on any atom is -0.390 e. The number of hydrogen-bond acceptors (Lipinski definition) is 2. The van der Waals surface area contributed by atoms with E-state index in [9.17, 15) is 4.39 Å². The van der Waals surface area contributed by atoms with Gasteiger partial charge in [0.2, 0.25) is 0 Å². The summed E-state index contributed by atoms with van der Waals surface area (Å²) in [6, 6.07) is 0. The van der Waals surface area contributed by atoms with Crippen LogP contribution in [-0.2, 0) is 4.84 Å². The zero-order valence-corrected chi connectivity index (χ0v) is 8.03. The fraction of sp³-hybridized carbons (Fsp3) is 0.300. The molecule has 0 radical (unpaired) electrons. The third-order valence-corrected chi connectivity index (χ3v) is 1.59. The van der Waals surface area contributed by atoms with Crippen molar-refractivity contribution in [2.75, 3.05) is 6.61 Å². The highest BCUT2D eigenvalue weighted by molar-refractivity contribution is 5.76. The third-order valence-electron chi connectivity index (χ3n) is 1.59. The van der Waals surface area contributed by atoms with Gasteiger partial charge in [-0.2, -0.15) is 0 Å². The lowest BCUT2D eigenvalue weighted by molar-refractivity contribution is 0.166. The number of nitrogens with two attached hydrogens (primary N) is 1. The van der Waals surface area contributed by atoms with E-state index in [1.165, 1.54) is 12.2 Å². The summed E-state index contributed by atoms with van der Waals surface area (Å²) in [7, 11) is 0. The second-order valence-corrected chi connectivity index (χ2v) is 2.99. The van der Waals surface area contributed by atoms with Crippen LogP contribution in [-0.4, -0.2) is 12.4 Å². The third kappa shape index (κ3) is 3.89. The Labute approximate surface area is 82.4 Å². The highest BCUT2D eigenvalue weighted by Gasteiger charge is 1.99. The molecular weight excluding hydrogens is 183 g/mol. The molecule has 0 amide bonds. The Morgan fingerprint density at radius 2 is 2.43 bits per heavy atom. The normalized spacial score (nSPS) is 17.1. The summed E-state index contributed by atoms with van der Waals surface area (Å²) in [5, 5.41) is 3.58. The first-order valence-corrected chi connectivity index (χ1v) is 4.32. The van der Waals surface area contributed by atoms with Crippen molar-refractivity contribution in [2.24, 2.45) is 10.9 Å². The summed E-state index contributed by atoms with van der Waals surface area (Å²) >= 11 is 0. The van der Waals surface area contributed by atoms with Gasteiger partial charge in [-0.1, -0.05) is 17.3 Å². The van der Waals surface area contributed by atoms with Gasteiger partial charge in [0, 0.05) is 0 Å². The Balaban J connectivity index is 2.46. The molecule has 0 unspecified atom stereocenters. The van der Waals surface area contributed by atoms with Crippen LogP contribution >= 0.6 is 0 Å². The molecule has 4 heteroatoms. The summed E-state index contributed by atoms with van der Waals surface area (Å²) in [5.74, 6) is 0.120. The molecule has 0 bridgehead atoms. The van der Waals surface area contributed by atoms with Crippen LogP contribution in [0.4, 0.5) is 4.39 Å². The van der Waals surface area contributed by atoms with Crippen LogP contribution in [0.15, 0.2) is 40.9 Å². The standard InChI is InChI=1S/C10H13FN2O/c1-8(12)13-14-7-9-3-2-4-10(11)6-5-9/h2,4-6H,3,7H2,1H3,(H2,12,13). The van der Waals surface area contributed by atoms with Crippen LogP contribution in [0.1, 0.15) is 13.3 Å². The van der Waals surface area contributed by atoms with E-state index in [0.29, 0.717) is 18.9 Å². The summed E-state index contributed by atoms with van der Waals surface area (Å²) in [4.78, 5) is 4.93. The molecule has 1 aliphatic carbocycles. The van der Waals surface area contributed by atoms with E-state index in [4.69, 9.17) is 10.6 Å². The van der Waals surface area contributed by atoms with Crippen LogP contribution in [0.5, 0.6) is 0 Å². The van der Waals surface area contributed by atoms with E-state index in [-0.39, 0.29) is 5.83 Å². The van der Waals surface area contributed by atoms with Crippen LogP contribution in [0.25, 0.3) is 0 Å². The van der Waals surface area contributed by atoms with Crippen molar-refractivity contribution in [1.29, 1.82) is 0 Å². The zero-order chi connectivity index (χ0) is 10.4. The number of hydrogen-bond donors (Lipinski definition) is 1. The maximum Gasteiger partial charge on any atom is 0.139 e. The molecule has 0 heterocycles. The molecule has 3 nitrogen and oxygen atoms in total. The van der Waals surface area contributed by atoms with Gasteiger partial charge in [0.25, 0.3) is 0 Å². The second-order valence-electron chi connectivity index (χ2n) is 2.99. The summed E-state index contributed by atoms with van der Waals surface area (Å²) in [6.07, 6.45) is 6.94. The summed E-state index contributed by atoms with van der Waals surface area (Å²) in [5.41, 5.74) is 6.24. The molecular formula is C10H13FN2O. The van der Waals surface area contributed by atoms with Crippen LogP contribution in [0.3, 0.4) is 0 Å². The molecule has 0 aromatic carbocycles. The summed E-state index contributed by atoms with van der Waals surface area (Å²) < 4.78 is 12.7. The summed E-state index contributed by atoms with van der Waals surface area (Å²) in [6.45, 7) is 1.98. The average Bonchev–Trinajstić information content (AvgIpc) is 2.30. The SMILES string of the molecule is C/C(N)=N/OCC1=CC=C(F)C=CC1. The highest BCUT2D eigenvalue weighted by Crippen LogP contribution is 2.12. The molecule has 0 aromatic rings. The second kappa shape index (κ2) is 5.21. The lowest BCUT2D eigenvalue weighted by Gasteiger charge is -2.01. The first kappa shape index (κ1) is 10.5. The molecule has 0 saturated heterocycles. The number of nitrogens with zero attached hydrogens (tertiary/aromatic N) is 1. The van der Waals surface area contributed by atoms with Gasteiger partial charge in [0.15, 0.2) is 0 Å². The van der Waals surface area contributed by atoms with Gasteiger partial charge in [-0.05, 0) is 31.1 Å². The molecule has 1 rings (SSSR count). The van der Waals surface area contributed by atoms with Crippen LogP contribution in [0, 0.1) is 0 Å². The van der Waals surface area contributed by atoms with Crippen molar-refractivity contribution in [1.82, 2.24) is 0 Å². The molecule has 0 atom stereocenters. The van der Waals surface area contributed by atoms with Crippen molar-refractivity contribution in [3.8, 4) is 0 Å². The highest BCUT2D eigenvalue weighted by atomic mass is 19.1. The topological polar surface area (TPSA) is 47.6 Å². The first-order valence-electron chi connectivity index (χ1n) is 4.32. The van der Waals surface area contributed by atoms with Crippen molar-refractivity contribution in [2.45, 2.75) is 13.3 Å². The Hall–Kier alpha value is -1.58. The maximum atomic E-state index is 12.7. The molecule has 76 valence electrons.